The molecule has 0 aliphatic carbocycles. The second-order valence-corrected chi connectivity index (χ2v) is 6.26. The first-order chi connectivity index (χ1) is 13.0. The Morgan fingerprint density at radius 3 is 2.56 bits per heavy atom. The van der Waals surface area contributed by atoms with Crippen LogP contribution in [0.1, 0.15) is 30.0 Å². The normalized spacial score (nSPS) is 13.1. The van der Waals surface area contributed by atoms with Crippen LogP contribution in [0.4, 0.5) is 0 Å². The Kier molecular flexibility index (Phi) is 5.40. The van der Waals surface area contributed by atoms with Gasteiger partial charge in [-0.15, -0.1) is 0 Å². The number of aliphatic carboxylic acids is 1. The van der Waals surface area contributed by atoms with Crippen molar-refractivity contribution in [3.63, 3.8) is 0 Å². The van der Waals surface area contributed by atoms with E-state index in [-0.39, 0.29) is 12.3 Å². The average Bonchev–Trinajstić information content (AvgIpc) is 3.30. The molecule has 2 heterocycles. The highest BCUT2D eigenvalue weighted by atomic mass is 16.4. The molecule has 1 amide bonds. The summed E-state index contributed by atoms with van der Waals surface area (Å²) >= 11 is 0. The fourth-order valence-corrected chi connectivity index (χ4v) is 2.77. The zero-order valence-electron chi connectivity index (χ0n) is 15.0. The summed E-state index contributed by atoms with van der Waals surface area (Å²) in [5, 5.41) is 12.2. The molecule has 2 aromatic heterocycles. The molecule has 3 rings (SSSR count). The van der Waals surface area contributed by atoms with Crippen molar-refractivity contribution in [2.24, 2.45) is 5.92 Å². The van der Waals surface area contributed by atoms with Crippen LogP contribution in [-0.2, 0) is 16.0 Å². The van der Waals surface area contributed by atoms with Crippen molar-refractivity contribution >= 4 is 11.9 Å². The van der Waals surface area contributed by atoms with Gasteiger partial charge in [-0.25, -0.2) is 4.98 Å². The van der Waals surface area contributed by atoms with Crippen LogP contribution in [0.2, 0.25) is 0 Å². The number of carboxylic acid groups (broad SMARTS) is 1. The van der Waals surface area contributed by atoms with Crippen molar-refractivity contribution < 1.29 is 23.5 Å². The predicted octanol–water partition coefficient (Wildman–Crippen LogP) is 3.36. The standard InChI is InChI=1S/C20H20N2O5/c1-12(20(24)25)18(14-7-4-3-5-8-14)22-17(23)11-15-13(2)27-19(21-15)16-9-6-10-26-16/h3-10,12,18H,11H2,1-2H3,(H,22,23)(H,24,25). The Bertz CT molecular complexity index is 915. The van der Waals surface area contributed by atoms with E-state index >= 15 is 0 Å². The lowest BCUT2D eigenvalue weighted by Crippen LogP contribution is -2.36. The number of rotatable bonds is 7. The summed E-state index contributed by atoms with van der Waals surface area (Å²) < 4.78 is 10.8. The van der Waals surface area contributed by atoms with E-state index in [9.17, 15) is 14.7 Å². The first kappa shape index (κ1) is 18.4. The maximum Gasteiger partial charge on any atom is 0.308 e. The number of carboxylic acids is 1. The molecule has 0 saturated carbocycles. The Labute approximate surface area is 156 Å². The largest absolute Gasteiger partial charge is 0.481 e. The molecule has 2 atom stereocenters. The topological polar surface area (TPSA) is 106 Å². The van der Waals surface area contributed by atoms with Gasteiger partial charge in [0.2, 0.25) is 5.91 Å². The fraction of sp³-hybridized carbons (Fsp3) is 0.250. The van der Waals surface area contributed by atoms with E-state index in [2.05, 4.69) is 10.3 Å². The van der Waals surface area contributed by atoms with Crippen LogP contribution >= 0.6 is 0 Å². The number of hydrogen-bond acceptors (Lipinski definition) is 5. The van der Waals surface area contributed by atoms with Gasteiger partial charge in [-0.2, -0.15) is 0 Å². The number of furan rings is 1. The zero-order chi connectivity index (χ0) is 19.4. The third-order valence-corrected chi connectivity index (χ3v) is 4.32. The lowest BCUT2D eigenvalue weighted by atomic mass is 9.94. The number of nitrogens with zero attached hydrogens (tertiary/aromatic N) is 1. The highest BCUT2D eigenvalue weighted by molar-refractivity contribution is 5.80. The quantitative estimate of drug-likeness (QED) is 0.662. The van der Waals surface area contributed by atoms with Crippen molar-refractivity contribution in [3.8, 4) is 11.7 Å². The van der Waals surface area contributed by atoms with Crippen molar-refractivity contribution in [1.82, 2.24) is 10.3 Å². The van der Waals surface area contributed by atoms with Crippen LogP contribution in [0.15, 0.2) is 57.6 Å². The zero-order valence-corrected chi connectivity index (χ0v) is 15.0. The number of aryl methyl sites for hydroxylation is 1. The molecule has 0 aliphatic rings. The van der Waals surface area contributed by atoms with E-state index in [0.717, 1.165) is 5.56 Å². The average molecular weight is 368 g/mol. The van der Waals surface area contributed by atoms with Gasteiger partial charge in [-0.1, -0.05) is 30.3 Å². The van der Waals surface area contributed by atoms with Gasteiger partial charge in [-0.05, 0) is 31.5 Å². The molecule has 0 spiro atoms. The summed E-state index contributed by atoms with van der Waals surface area (Å²) in [7, 11) is 0. The minimum Gasteiger partial charge on any atom is -0.481 e. The fourth-order valence-electron chi connectivity index (χ4n) is 2.77. The number of nitrogens with one attached hydrogen (secondary N) is 1. The molecule has 0 saturated heterocycles. The number of carbonyl (C=O) groups excluding carboxylic acids is 1. The Hall–Kier alpha value is -3.35. The van der Waals surface area contributed by atoms with Gasteiger partial charge in [0.1, 0.15) is 5.76 Å². The molecule has 2 unspecified atom stereocenters. The number of oxazole rings is 1. The SMILES string of the molecule is Cc1oc(-c2ccco2)nc1CC(=O)NC(c1ccccc1)C(C)C(=O)O. The molecule has 27 heavy (non-hydrogen) atoms. The van der Waals surface area contributed by atoms with Crippen LogP contribution < -0.4 is 5.32 Å². The smallest absolute Gasteiger partial charge is 0.308 e. The Morgan fingerprint density at radius 2 is 1.93 bits per heavy atom. The third kappa shape index (κ3) is 4.25. The summed E-state index contributed by atoms with van der Waals surface area (Å²) in [6, 6.07) is 11.8. The number of aromatic nitrogens is 1. The van der Waals surface area contributed by atoms with Crippen molar-refractivity contribution in [3.05, 3.63) is 65.7 Å². The van der Waals surface area contributed by atoms with E-state index < -0.39 is 17.9 Å². The van der Waals surface area contributed by atoms with Gasteiger partial charge in [0.15, 0.2) is 5.76 Å². The summed E-state index contributed by atoms with van der Waals surface area (Å²) in [5.74, 6) is -0.806. The lowest BCUT2D eigenvalue weighted by Gasteiger charge is -2.22. The van der Waals surface area contributed by atoms with Gasteiger partial charge >= 0.3 is 5.97 Å². The predicted molar refractivity (Wildman–Crippen MR) is 96.8 cm³/mol. The highest BCUT2D eigenvalue weighted by Crippen LogP contribution is 2.24. The van der Waals surface area contributed by atoms with E-state index in [1.54, 1.807) is 50.2 Å². The second kappa shape index (κ2) is 7.90. The lowest BCUT2D eigenvalue weighted by molar-refractivity contribution is -0.142. The molecule has 0 bridgehead atoms. The van der Waals surface area contributed by atoms with Gasteiger partial charge in [-0.3, -0.25) is 9.59 Å². The van der Waals surface area contributed by atoms with Crippen LogP contribution in [0.3, 0.4) is 0 Å². The molecule has 0 fully saturated rings. The molecule has 0 radical (unpaired) electrons. The van der Waals surface area contributed by atoms with E-state index in [1.165, 1.54) is 6.26 Å². The van der Waals surface area contributed by atoms with Gasteiger partial charge in [0.25, 0.3) is 5.89 Å². The first-order valence-electron chi connectivity index (χ1n) is 8.53. The summed E-state index contributed by atoms with van der Waals surface area (Å²) in [4.78, 5) is 28.3. The molecular formula is C20H20N2O5. The van der Waals surface area contributed by atoms with Crippen LogP contribution in [0.5, 0.6) is 0 Å². The molecule has 3 aromatic rings. The van der Waals surface area contributed by atoms with E-state index in [4.69, 9.17) is 8.83 Å². The van der Waals surface area contributed by atoms with Crippen molar-refractivity contribution in [1.29, 1.82) is 0 Å². The van der Waals surface area contributed by atoms with Gasteiger partial charge in [0.05, 0.1) is 30.3 Å². The molecule has 1 aromatic carbocycles. The molecule has 0 aliphatic heterocycles. The van der Waals surface area contributed by atoms with Crippen molar-refractivity contribution in [2.75, 3.05) is 0 Å². The minimum absolute atomic E-state index is 0.0221. The molecule has 140 valence electrons. The number of carbonyl (C=O) groups is 2. The molecule has 7 heteroatoms. The van der Waals surface area contributed by atoms with Gasteiger partial charge < -0.3 is 19.3 Å². The van der Waals surface area contributed by atoms with Crippen molar-refractivity contribution in [2.45, 2.75) is 26.3 Å². The monoisotopic (exact) mass is 368 g/mol. The maximum atomic E-state index is 12.6. The second-order valence-electron chi connectivity index (χ2n) is 6.26. The first-order valence-corrected chi connectivity index (χ1v) is 8.53. The third-order valence-electron chi connectivity index (χ3n) is 4.32. The highest BCUT2D eigenvalue weighted by Gasteiger charge is 2.27. The number of amides is 1. The summed E-state index contributed by atoms with van der Waals surface area (Å²) in [5.41, 5.74) is 1.21. The maximum absolute atomic E-state index is 12.6. The Morgan fingerprint density at radius 1 is 1.19 bits per heavy atom. The minimum atomic E-state index is -0.984. The number of hydrogen-bond donors (Lipinski definition) is 2. The number of benzene rings is 1. The van der Waals surface area contributed by atoms with Crippen LogP contribution in [-0.4, -0.2) is 22.0 Å². The van der Waals surface area contributed by atoms with E-state index in [1.807, 2.05) is 6.07 Å². The molecule has 2 N–H and O–H groups in total. The molecular weight excluding hydrogens is 348 g/mol. The summed E-state index contributed by atoms with van der Waals surface area (Å²) in [6.07, 6.45) is 1.49. The van der Waals surface area contributed by atoms with E-state index in [0.29, 0.717) is 23.1 Å². The summed E-state index contributed by atoms with van der Waals surface area (Å²) in [6.45, 7) is 3.28. The Balaban J connectivity index is 1.76. The molecule has 7 nitrogen and oxygen atoms in total. The van der Waals surface area contributed by atoms with Crippen LogP contribution in [0, 0.1) is 12.8 Å². The van der Waals surface area contributed by atoms with Gasteiger partial charge in [0, 0.05) is 0 Å². The van der Waals surface area contributed by atoms with Crippen LogP contribution in [0.25, 0.3) is 11.7 Å².